The van der Waals surface area contributed by atoms with Gasteiger partial charge in [0.05, 0.1) is 3.57 Å². The van der Waals surface area contributed by atoms with Gasteiger partial charge in [0.15, 0.2) is 5.69 Å². The third-order valence-electron chi connectivity index (χ3n) is 4.09. The first-order valence-corrected chi connectivity index (χ1v) is 9.43. The monoisotopic (exact) mass is 478 g/mol. The molecule has 3 rings (SSSR count). The Bertz CT molecular complexity index is 736. The van der Waals surface area contributed by atoms with Gasteiger partial charge < -0.3 is 4.90 Å². The van der Waals surface area contributed by atoms with Crippen LogP contribution in [0.2, 0.25) is 10.0 Å². The smallest absolute Gasteiger partial charge is 0.275 e. The number of rotatable bonds is 3. The predicted octanol–water partition coefficient (Wildman–Crippen LogP) is 3.29. The molecule has 0 aliphatic carbocycles. The van der Waals surface area contributed by atoms with Gasteiger partial charge in [0, 0.05) is 61.6 Å². The van der Waals surface area contributed by atoms with Crippen molar-refractivity contribution in [1.29, 1.82) is 0 Å². The Balaban J connectivity index is 1.62. The van der Waals surface area contributed by atoms with E-state index in [-0.39, 0.29) is 5.91 Å². The summed E-state index contributed by atoms with van der Waals surface area (Å²) in [7, 11) is 1.82. The van der Waals surface area contributed by atoms with Crippen LogP contribution in [-0.2, 0) is 13.6 Å². The molecule has 0 spiro atoms. The third kappa shape index (κ3) is 3.87. The Morgan fingerprint density at radius 2 is 1.83 bits per heavy atom. The normalized spacial score (nSPS) is 15.8. The Morgan fingerprint density at radius 1 is 1.21 bits per heavy atom. The average molecular weight is 479 g/mol. The van der Waals surface area contributed by atoms with Crippen LogP contribution in [0.3, 0.4) is 0 Å². The second-order valence-corrected chi connectivity index (χ2v) is 7.74. The molecule has 1 aromatic carbocycles. The van der Waals surface area contributed by atoms with Gasteiger partial charge in [-0.25, -0.2) is 0 Å². The fourth-order valence-electron chi connectivity index (χ4n) is 2.77. The van der Waals surface area contributed by atoms with Gasteiger partial charge >= 0.3 is 0 Å². The molecule has 1 saturated heterocycles. The van der Waals surface area contributed by atoms with Gasteiger partial charge in [0.25, 0.3) is 5.91 Å². The van der Waals surface area contributed by atoms with E-state index in [2.05, 4.69) is 32.6 Å². The summed E-state index contributed by atoms with van der Waals surface area (Å²) < 4.78 is 2.55. The Hall–Kier alpha value is -0.830. The fourth-order valence-corrected chi connectivity index (χ4v) is 4.03. The minimum absolute atomic E-state index is 0.00424. The highest BCUT2D eigenvalue weighted by atomic mass is 127. The number of aryl methyl sites for hydroxylation is 1. The summed E-state index contributed by atoms with van der Waals surface area (Å²) in [5.41, 5.74) is 1.47. The van der Waals surface area contributed by atoms with E-state index in [4.69, 9.17) is 23.2 Å². The molecule has 1 fully saturated rings. The molecule has 128 valence electrons. The van der Waals surface area contributed by atoms with Gasteiger partial charge in [-0.2, -0.15) is 5.10 Å². The van der Waals surface area contributed by atoms with Crippen LogP contribution in [0.4, 0.5) is 0 Å². The van der Waals surface area contributed by atoms with E-state index in [9.17, 15) is 4.79 Å². The number of nitrogens with zero attached hydrogens (tertiary/aromatic N) is 4. The van der Waals surface area contributed by atoms with Gasteiger partial charge in [0.1, 0.15) is 0 Å². The van der Waals surface area contributed by atoms with Crippen LogP contribution in [0.15, 0.2) is 24.4 Å². The lowest BCUT2D eigenvalue weighted by Crippen LogP contribution is -2.48. The molecule has 0 saturated carbocycles. The Labute approximate surface area is 164 Å². The number of carbonyl (C=O) groups excluding carboxylic acids is 1. The number of amides is 1. The lowest BCUT2D eigenvalue weighted by molar-refractivity contribution is 0.0621. The second-order valence-electron chi connectivity index (χ2n) is 5.77. The molecular weight excluding hydrogens is 462 g/mol. The van der Waals surface area contributed by atoms with Crippen LogP contribution >= 0.6 is 45.8 Å². The molecule has 0 bridgehead atoms. The summed E-state index contributed by atoms with van der Waals surface area (Å²) in [6.45, 7) is 3.62. The molecule has 1 aromatic heterocycles. The molecule has 0 N–H and O–H groups in total. The molecule has 1 aliphatic heterocycles. The second kappa shape index (κ2) is 7.59. The van der Waals surface area contributed by atoms with Crippen molar-refractivity contribution in [3.63, 3.8) is 0 Å². The van der Waals surface area contributed by atoms with Crippen molar-refractivity contribution in [3.8, 4) is 0 Å². The van der Waals surface area contributed by atoms with Gasteiger partial charge in [-0.15, -0.1) is 0 Å². The van der Waals surface area contributed by atoms with E-state index >= 15 is 0 Å². The minimum Gasteiger partial charge on any atom is -0.335 e. The largest absolute Gasteiger partial charge is 0.335 e. The van der Waals surface area contributed by atoms with Crippen molar-refractivity contribution < 1.29 is 4.79 Å². The molecule has 5 nitrogen and oxygen atoms in total. The lowest BCUT2D eigenvalue weighted by Gasteiger charge is -2.34. The standard InChI is InChI=1S/C16H17Cl2IN4O/c1-21-10-14(19)15(20-21)16(24)23-7-5-22(6-8-23)9-11-12(17)3-2-4-13(11)18/h2-4,10H,5-9H2,1H3. The lowest BCUT2D eigenvalue weighted by atomic mass is 10.2. The van der Waals surface area contributed by atoms with Crippen LogP contribution in [0.25, 0.3) is 0 Å². The highest BCUT2D eigenvalue weighted by molar-refractivity contribution is 14.1. The summed E-state index contributed by atoms with van der Waals surface area (Å²) in [5.74, 6) is -0.00424. The highest BCUT2D eigenvalue weighted by Gasteiger charge is 2.26. The van der Waals surface area contributed by atoms with Gasteiger partial charge in [-0.3, -0.25) is 14.4 Å². The van der Waals surface area contributed by atoms with Crippen molar-refractivity contribution in [1.82, 2.24) is 19.6 Å². The maximum Gasteiger partial charge on any atom is 0.275 e. The van der Waals surface area contributed by atoms with E-state index in [1.807, 2.05) is 36.3 Å². The zero-order valence-corrected chi connectivity index (χ0v) is 16.8. The van der Waals surface area contributed by atoms with Crippen molar-refractivity contribution in [2.24, 2.45) is 7.05 Å². The number of piperazine rings is 1. The van der Waals surface area contributed by atoms with Crippen LogP contribution in [0, 0.1) is 3.57 Å². The topological polar surface area (TPSA) is 41.4 Å². The third-order valence-corrected chi connectivity index (χ3v) is 5.59. The maximum atomic E-state index is 12.6. The van der Waals surface area contributed by atoms with E-state index in [1.54, 1.807) is 4.68 Å². The summed E-state index contributed by atoms with van der Waals surface area (Å²) in [6.07, 6.45) is 1.85. The fraction of sp³-hybridized carbons (Fsp3) is 0.375. The number of aromatic nitrogens is 2. The quantitative estimate of drug-likeness (QED) is 0.635. The highest BCUT2D eigenvalue weighted by Crippen LogP contribution is 2.26. The number of halogens is 3. The van der Waals surface area contributed by atoms with Crippen molar-refractivity contribution in [2.45, 2.75) is 6.54 Å². The van der Waals surface area contributed by atoms with Crippen LogP contribution in [0.5, 0.6) is 0 Å². The van der Waals surface area contributed by atoms with E-state index in [0.717, 1.165) is 22.2 Å². The van der Waals surface area contributed by atoms with Crippen LogP contribution in [0.1, 0.15) is 16.1 Å². The molecule has 0 radical (unpaired) electrons. The molecule has 8 heteroatoms. The molecule has 1 amide bonds. The van der Waals surface area contributed by atoms with E-state index < -0.39 is 0 Å². The van der Waals surface area contributed by atoms with Crippen LogP contribution in [-0.4, -0.2) is 51.7 Å². The van der Waals surface area contributed by atoms with Gasteiger partial charge in [0.2, 0.25) is 0 Å². The summed E-state index contributed by atoms with van der Waals surface area (Å²) >= 11 is 14.6. The number of hydrogen-bond donors (Lipinski definition) is 0. The van der Waals surface area contributed by atoms with E-state index in [0.29, 0.717) is 35.4 Å². The Kier molecular flexibility index (Phi) is 5.69. The Morgan fingerprint density at radius 3 is 2.38 bits per heavy atom. The first kappa shape index (κ1) is 18.0. The first-order valence-electron chi connectivity index (χ1n) is 7.59. The van der Waals surface area contributed by atoms with Gasteiger partial charge in [-0.1, -0.05) is 29.3 Å². The number of benzene rings is 1. The molecule has 2 heterocycles. The molecule has 2 aromatic rings. The SMILES string of the molecule is Cn1cc(I)c(C(=O)N2CCN(Cc3c(Cl)cccc3Cl)CC2)n1. The summed E-state index contributed by atoms with van der Waals surface area (Å²) in [4.78, 5) is 16.7. The maximum absolute atomic E-state index is 12.6. The number of hydrogen-bond acceptors (Lipinski definition) is 3. The van der Waals surface area contributed by atoms with Crippen molar-refractivity contribution in [2.75, 3.05) is 26.2 Å². The zero-order valence-electron chi connectivity index (χ0n) is 13.2. The summed E-state index contributed by atoms with van der Waals surface area (Å²) in [6, 6.07) is 5.55. The average Bonchev–Trinajstić information content (AvgIpc) is 2.89. The molecule has 1 aliphatic rings. The van der Waals surface area contributed by atoms with Crippen LogP contribution < -0.4 is 0 Å². The zero-order chi connectivity index (χ0) is 17.3. The number of carbonyl (C=O) groups is 1. The van der Waals surface area contributed by atoms with E-state index in [1.165, 1.54) is 0 Å². The molecular formula is C16H17Cl2IN4O. The summed E-state index contributed by atoms with van der Waals surface area (Å²) in [5, 5.41) is 5.63. The predicted molar refractivity (Wildman–Crippen MR) is 104 cm³/mol. The first-order chi connectivity index (χ1) is 11.5. The molecule has 0 atom stereocenters. The van der Waals surface area contributed by atoms with Crippen molar-refractivity contribution in [3.05, 3.63) is 49.3 Å². The molecule has 24 heavy (non-hydrogen) atoms. The molecule has 0 unspecified atom stereocenters. The van der Waals surface area contributed by atoms with Gasteiger partial charge in [-0.05, 0) is 34.7 Å². The minimum atomic E-state index is -0.00424. The van der Waals surface area contributed by atoms with Crippen molar-refractivity contribution >= 4 is 51.7 Å².